The van der Waals surface area contributed by atoms with Crippen LogP contribution in [0.4, 0.5) is 0 Å². The van der Waals surface area contributed by atoms with E-state index in [1.807, 2.05) is 43.3 Å². The van der Waals surface area contributed by atoms with Crippen LogP contribution in [0.25, 0.3) is 11.4 Å². The lowest BCUT2D eigenvalue weighted by Crippen LogP contribution is -2.31. The summed E-state index contributed by atoms with van der Waals surface area (Å²) in [6, 6.07) is 13.1. The van der Waals surface area contributed by atoms with Crippen molar-refractivity contribution >= 4 is 10.0 Å². The van der Waals surface area contributed by atoms with Crippen LogP contribution in [0, 0.1) is 6.92 Å². The summed E-state index contributed by atoms with van der Waals surface area (Å²) in [5.41, 5.74) is 4.42. The van der Waals surface area contributed by atoms with Crippen LogP contribution in [-0.4, -0.2) is 29.4 Å². The van der Waals surface area contributed by atoms with E-state index in [2.05, 4.69) is 10.1 Å². The molecule has 1 aliphatic heterocycles. The second kappa shape index (κ2) is 7.63. The molecule has 0 amide bonds. The molecule has 0 bridgehead atoms. The van der Waals surface area contributed by atoms with Gasteiger partial charge in [-0.05, 0) is 74.8 Å². The van der Waals surface area contributed by atoms with Crippen LogP contribution < -0.4 is 0 Å². The summed E-state index contributed by atoms with van der Waals surface area (Å²) in [4.78, 5) is 4.92. The number of hydrogen-bond acceptors (Lipinski definition) is 5. The van der Waals surface area contributed by atoms with Crippen LogP contribution in [0.3, 0.4) is 0 Å². The van der Waals surface area contributed by atoms with E-state index < -0.39 is 16.1 Å². The average Bonchev–Trinajstić information content (AvgIpc) is 3.43. The fraction of sp³-hybridized carbons (Fsp3) is 0.391. The molecule has 0 N–H and O–H groups in total. The molecule has 30 heavy (non-hydrogen) atoms. The smallest absolute Gasteiger partial charge is 0.245 e. The van der Waals surface area contributed by atoms with Crippen LogP contribution in [0.1, 0.15) is 54.3 Å². The fourth-order valence-electron chi connectivity index (χ4n) is 4.55. The SMILES string of the molecule is Cc1cccc(-c2noc([C@@H]3CCCN3S(=O)(=O)c3ccc4c(c3)CCCC4)n2)c1. The molecule has 6 nitrogen and oxygen atoms in total. The van der Waals surface area contributed by atoms with E-state index in [-0.39, 0.29) is 0 Å². The van der Waals surface area contributed by atoms with Gasteiger partial charge in [0.25, 0.3) is 0 Å². The minimum Gasteiger partial charge on any atom is -0.337 e. The van der Waals surface area contributed by atoms with Crippen LogP contribution in [0.5, 0.6) is 0 Å². The zero-order chi connectivity index (χ0) is 20.7. The lowest BCUT2D eigenvalue weighted by molar-refractivity contribution is 0.290. The lowest BCUT2D eigenvalue weighted by atomic mass is 9.92. The molecular formula is C23H25N3O3S. The molecule has 1 aromatic heterocycles. The highest BCUT2D eigenvalue weighted by atomic mass is 32.2. The Morgan fingerprint density at radius 3 is 2.70 bits per heavy atom. The quantitative estimate of drug-likeness (QED) is 0.620. The molecule has 2 aromatic carbocycles. The molecule has 156 valence electrons. The molecular weight excluding hydrogens is 398 g/mol. The Morgan fingerprint density at radius 2 is 1.87 bits per heavy atom. The van der Waals surface area contributed by atoms with Crippen molar-refractivity contribution in [1.82, 2.24) is 14.4 Å². The summed E-state index contributed by atoms with van der Waals surface area (Å²) in [6.45, 7) is 2.47. The maximum atomic E-state index is 13.5. The number of sulfonamides is 1. The molecule has 1 saturated heterocycles. The Morgan fingerprint density at radius 1 is 1.03 bits per heavy atom. The van der Waals surface area contributed by atoms with Crippen molar-refractivity contribution in [2.45, 2.75) is 56.4 Å². The van der Waals surface area contributed by atoms with Crippen molar-refractivity contribution in [3.63, 3.8) is 0 Å². The lowest BCUT2D eigenvalue weighted by Gasteiger charge is -2.23. The van der Waals surface area contributed by atoms with Crippen molar-refractivity contribution in [3.8, 4) is 11.4 Å². The molecule has 2 heterocycles. The van der Waals surface area contributed by atoms with Gasteiger partial charge in [0.1, 0.15) is 6.04 Å². The normalized spacial score (nSPS) is 19.7. The number of aryl methyl sites for hydroxylation is 3. The maximum absolute atomic E-state index is 13.5. The van der Waals surface area contributed by atoms with Gasteiger partial charge < -0.3 is 4.52 Å². The van der Waals surface area contributed by atoms with E-state index in [4.69, 9.17) is 4.52 Å². The molecule has 5 rings (SSSR count). The van der Waals surface area contributed by atoms with Crippen molar-refractivity contribution in [3.05, 3.63) is 65.0 Å². The highest BCUT2D eigenvalue weighted by molar-refractivity contribution is 7.89. The summed E-state index contributed by atoms with van der Waals surface area (Å²) in [5, 5.41) is 4.11. The predicted molar refractivity (Wildman–Crippen MR) is 113 cm³/mol. The van der Waals surface area contributed by atoms with E-state index in [1.54, 1.807) is 6.07 Å². The molecule has 7 heteroatoms. The monoisotopic (exact) mass is 423 g/mol. The highest BCUT2D eigenvalue weighted by Gasteiger charge is 2.39. The molecule has 0 unspecified atom stereocenters. The summed E-state index contributed by atoms with van der Waals surface area (Å²) >= 11 is 0. The minimum atomic E-state index is -3.63. The van der Waals surface area contributed by atoms with Crippen LogP contribution in [0.2, 0.25) is 0 Å². The second-order valence-electron chi connectivity index (χ2n) is 8.24. The Hall–Kier alpha value is -2.51. The van der Waals surface area contributed by atoms with Crippen molar-refractivity contribution in [2.24, 2.45) is 0 Å². The van der Waals surface area contributed by atoms with Gasteiger partial charge in [0.05, 0.1) is 4.90 Å². The number of rotatable bonds is 4. The van der Waals surface area contributed by atoms with Gasteiger partial charge in [-0.25, -0.2) is 8.42 Å². The Balaban J connectivity index is 1.45. The minimum absolute atomic E-state index is 0.366. The van der Waals surface area contributed by atoms with Gasteiger partial charge in [0.2, 0.25) is 21.7 Å². The van der Waals surface area contributed by atoms with Gasteiger partial charge in [-0.1, -0.05) is 35.0 Å². The number of aromatic nitrogens is 2. The van der Waals surface area contributed by atoms with Crippen LogP contribution in [-0.2, 0) is 22.9 Å². The predicted octanol–water partition coefficient (Wildman–Crippen LogP) is 4.45. The zero-order valence-electron chi connectivity index (χ0n) is 17.0. The molecule has 0 saturated carbocycles. The van der Waals surface area contributed by atoms with Crippen molar-refractivity contribution in [1.29, 1.82) is 0 Å². The Labute approximate surface area is 177 Å². The zero-order valence-corrected chi connectivity index (χ0v) is 17.9. The fourth-order valence-corrected chi connectivity index (χ4v) is 6.25. The first-order chi connectivity index (χ1) is 14.5. The van der Waals surface area contributed by atoms with Crippen molar-refractivity contribution in [2.75, 3.05) is 6.54 Å². The molecule has 1 fully saturated rings. The van der Waals surface area contributed by atoms with Gasteiger partial charge in [-0.2, -0.15) is 9.29 Å². The first kappa shape index (κ1) is 19.5. The molecule has 2 aliphatic rings. The van der Waals surface area contributed by atoms with Gasteiger partial charge in [-0.15, -0.1) is 0 Å². The first-order valence-electron chi connectivity index (χ1n) is 10.6. The summed E-state index contributed by atoms with van der Waals surface area (Å²) in [6.07, 6.45) is 5.73. The first-order valence-corrected chi connectivity index (χ1v) is 12.0. The van der Waals surface area contributed by atoms with Crippen LogP contribution in [0.15, 0.2) is 51.9 Å². The maximum Gasteiger partial charge on any atom is 0.245 e. The van der Waals surface area contributed by atoms with E-state index in [9.17, 15) is 8.42 Å². The molecule has 1 aliphatic carbocycles. The molecule has 0 radical (unpaired) electrons. The summed E-state index contributed by atoms with van der Waals surface area (Å²) < 4.78 is 34.0. The van der Waals surface area contributed by atoms with Gasteiger partial charge in [-0.3, -0.25) is 0 Å². The van der Waals surface area contributed by atoms with Gasteiger partial charge in [0, 0.05) is 12.1 Å². The Kier molecular flexibility index (Phi) is 4.95. The largest absolute Gasteiger partial charge is 0.337 e. The van der Waals surface area contributed by atoms with E-state index in [0.717, 1.165) is 42.4 Å². The summed E-state index contributed by atoms with van der Waals surface area (Å²) in [7, 11) is -3.63. The van der Waals surface area contributed by atoms with Crippen LogP contribution >= 0.6 is 0 Å². The standard InChI is InChI=1S/C23H25N3O3S/c1-16-6-4-9-19(14-16)22-24-23(29-25-22)21-10-5-13-26(21)30(27,28)20-12-11-17-7-2-3-8-18(17)15-20/h4,6,9,11-12,14-15,21H,2-3,5,7-8,10,13H2,1H3/t21-/m0/s1. The van der Waals surface area contributed by atoms with E-state index in [1.165, 1.54) is 16.3 Å². The van der Waals surface area contributed by atoms with E-state index >= 15 is 0 Å². The van der Waals surface area contributed by atoms with Crippen molar-refractivity contribution < 1.29 is 12.9 Å². The molecule has 0 spiro atoms. The number of nitrogens with zero attached hydrogens (tertiary/aromatic N) is 3. The third-order valence-electron chi connectivity index (χ3n) is 6.13. The third kappa shape index (κ3) is 3.46. The summed E-state index contributed by atoms with van der Waals surface area (Å²) in [5.74, 6) is 0.859. The Bertz CT molecular complexity index is 1190. The van der Waals surface area contributed by atoms with E-state index in [0.29, 0.717) is 29.6 Å². The second-order valence-corrected chi connectivity index (χ2v) is 10.1. The molecule has 3 aromatic rings. The van der Waals surface area contributed by atoms with Gasteiger partial charge in [0.15, 0.2) is 0 Å². The number of fused-ring (bicyclic) bond motifs is 1. The number of benzene rings is 2. The molecule has 1 atom stereocenters. The highest BCUT2D eigenvalue weighted by Crippen LogP contribution is 2.37. The topological polar surface area (TPSA) is 76.3 Å². The number of hydrogen-bond donors (Lipinski definition) is 0. The average molecular weight is 424 g/mol. The van der Waals surface area contributed by atoms with Gasteiger partial charge >= 0.3 is 0 Å². The third-order valence-corrected chi connectivity index (χ3v) is 8.04.